The average Bonchev–Trinajstić information content (AvgIpc) is 3.64. The summed E-state index contributed by atoms with van der Waals surface area (Å²) >= 11 is 0. The van der Waals surface area contributed by atoms with Crippen molar-refractivity contribution in [3.8, 4) is 22.3 Å². The molecule has 0 saturated heterocycles. The van der Waals surface area contributed by atoms with Crippen molar-refractivity contribution in [3.63, 3.8) is 0 Å². The van der Waals surface area contributed by atoms with Crippen LogP contribution in [0.2, 0.25) is 13.1 Å². The molecule has 0 saturated carbocycles. The van der Waals surface area contributed by atoms with Crippen LogP contribution in [0.5, 0.6) is 0 Å². The first-order chi connectivity index (χ1) is 21.8. The van der Waals surface area contributed by atoms with E-state index in [0.717, 1.165) is 35.2 Å². The molecule has 0 aliphatic heterocycles. The Balaban J connectivity index is 0.000000226. The van der Waals surface area contributed by atoms with Gasteiger partial charge in [0.1, 0.15) is 0 Å². The van der Waals surface area contributed by atoms with E-state index in [1.807, 2.05) is 0 Å². The molecule has 0 amide bonds. The van der Waals surface area contributed by atoms with E-state index in [1.165, 1.54) is 66.1 Å². The van der Waals surface area contributed by atoms with Gasteiger partial charge in [0.15, 0.2) is 0 Å². The van der Waals surface area contributed by atoms with Crippen LogP contribution in [0.3, 0.4) is 0 Å². The van der Waals surface area contributed by atoms with Crippen LogP contribution in [-0.2, 0) is 51.5 Å². The SMILES string of the molecule is CCc1ccccc1-c1cccc2[cH-]c(CC(C)C)cc12.CCc1ccccc1-c1cccc2[cH-]c(CC(C)C)cc12.C[Si]C.[Hf]. The first-order valence-electron chi connectivity index (χ1n) is 16.9. The maximum atomic E-state index is 2.39. The third-order valence-corrected chi connectivity index (χ3v) is 8.29. The van der Waals surface area contributed by atoms with Gasteiger partial charge in [-0.3, -0.25) is 0 Å². The van der Waals surface area contributed by atoms with Gasteiger partial charge in [0.25, 0.3) is 0 Å². The second kappa shape index (κ2) is 18.5. The van der Waals surface area contributed by atoms with Gasteiger partial charge in [0.05, 0.1) is 0 Å². The van der Waals surface area contributed by atoms with Gasteiger partial charge in [-0.05, 0) is 59.8 Å². The molecule has 0 N–H and O–H groups in total. The maximum Gasteiger partial charge on any atom is 0.0307 e. The van der Waals surface area contributed by atoms with Crippen molar-refractivity contribution in [2.24, 2.45) is 11.8 Å². The van der Waals surface area contributed by atoms with Crippen LogP contribution in [0.25, 0.3) is 43.8 Å². The van der Waals surface area contributed by atoms with Gasteiger partial charge in [0.2, 0.25) is 0 Å². The summed E-state index contributed by atoms with van der Waals surface area (Å²) in [5.74, 6) is 1.40. The minimum atomic E-state index is 0. The van der Waals surface area contributed by atoms with Gasteiger partial charge < -0.3 is 0 Å². The Kier molecular flexibility index (Phi) is 15.1. The molecular formula is C44H52HfSi-2. The zero-order chi connectivity index (χ0) is 32.3. The topological polar surface area (TPSA) is 0 Å². The first-order valence-corrected chi connectivity index (χ1v) is 18.9. The maximum absolute atomic E-state index is 2.39. The molecule has 6 aromatic rings. The fraction of sp³-hybridized carbons (Fsp3) is 0.318. The predicted octanol–water partition coefficient (Wildman–Crippen LogP) is 12.8. The number of benzene rings is 4. The van der Waals surface area contributed by atoms with E-state index < -0.39 is 0 Å². The number of fused-ring (bicyclic) bond motifs is 2. The normalized spacial score (nSPS) is 10.8. The number of hydrogen-bond acceptors (Lipinski definition) is 0. The number of hydrogen-bond donors (Lipinski definition) is 0. The standard InChI is InChI=1S/2C21H23.C2H6Si.Hf/c2*1-4-17-8-5-6-10-19(17)20-11-7-9-18-13-16(12-15(2)3)14-21(18)20;1-3-2;/h2*5-11,13-15H,4,12H2,1-3H3;1-2H3;/q2*-1;;. The molecular weight excluding hydrogens is 735 g/mol. The zero-order valence-electron chi connectivity index (χ0n) is 29.4. The Labute approximate surface area is 301 Å². The minimum absolute atomic E-state index is 0. The van der Waals surface area contributed by atoms with Crippen molar-refractivity contribution in [2.75, 3.05) is 0 Å². The van der Waals surface area contributed by atoms with Crippen LogP contribution in [0.1, 0.15) is 63.8 Å². The summed E-state index contributed by atoms with van der Waals surface area (Å²) < 4.78 is 0. The van der Waals surface area contributed by atoms with Gasteiger partial charge in [-0.1, -0.05) is 126 Å². The van der Waals surface area contributed by atoms with E-state index >= 15 is 0 Å². The molecule has 0 spiro atoms. The van der Waals surface area contributed by atoms with Crippen molar-refractivity contribution >= 4 is 31.1 Å². The van der Waals surface area contributed by atoms with Crippen molar-refractivity contribution in [1.29, 1.82) is 0 Å². The summed E-state index contributed by atoms with van der Waals surface area (Å²) in [5, 5.41) is 5.53. The molecule has 46 heavy (non-hydrogen) atoms. The summed E-state index contributed by atoms with van der Waals surface area (Å²) in [6.07, 6.45) is 4.46. The van der Waals surface area contributed by atoms with E-state index in [-0.39, 0.29) is 25.8 Å². The van der Waals surface area contributed by atoms with Gasteiger partial charge in [0, 0.05) is 35.4 Å². The Hall–Kier alpha value is -2.81. The number of rotatable bonds is 8. The molecule has 0 heterocycles. The first kappa shape index (κ1) is 37.6. The molecule has 0 unspecified atom stereocenters. The molecule has 2 heteroatoms. The fourth-order valence-electron chi connectivity index (χ4n) is 6.42. The van der Waals surface area contributed by atoms with Crippen LogP contribution in [-0.4, -0.2) is 9.52 Å². The monoisotopic (exact) mass is 788 g/mol. The second-order valence-electron chi connectivity index (χ2n) is 13.1. The summed E-state index contributed by atoms with van der Waals surface area (Å²) in [6.45, 7) is 17.9. The Bertz CT molecular complexity index is 1650. The molecule has 0 fully saturated rings. The summed E-state index contributed by atoms with van der Waals surface area (Å²) in [5.41, 5.74) is 11.3. The Morgan fingerprint density at radius 1 is 0.522 bits per heavy atom. The Morgan fingerprint density at radius 3 is 1.22 bits per heavy atom. The van der Waals surface area contributed by atoms with Crippen LogP contribution in [0, 0.1) is 11.8 Å². The van der Waals surface area contributed by atoms with Crippen molar-refractivity contribution < 1.29 is 25.8 Å². The van der Waals surface area contributed by atoms with Crippen molar-refractivity contribution in [3.05, 3.63) is 131 Å². The van der Waals surface area contributed by atoms with Gasteiger partial charge in [-0.2, -0.15) is 12.1 Å². The fourth-order valence-corrected chi connectivity index (χ4v) is 6.42. The molecule has 0 aromatic heterocycles. The van der Waals surface area contributed by atoms with E-state index in [4.69, 9.17) is 0 Å². The van der Waals surface area contributed by atoms with E-state index in [1.54, 1.807) is 0 Å². The van der Waals surface area contributed by atoms with Crippen LogP contribution >= 0.6 is 0 Å². The van der Waals surface area contributed by atoms with Crippen LogP contribution in [0.15, 0.2) is 109 Å². The minimum Gasteiger partial charge on any atom is -0.164 e. The molecule has 0 bridgehead atoms. The largest absolute Gasteiger partial charge is 0.164 e. The molecule has 0 aliphatic rings. The van der Waals surface area contributed by atoms with Crippen molar-refractivity contribution in [1.82, 2.24) is 0 Å². The smallest absolute Gasteiger partial charge is 0.0307 e. The van der Waals surface area contributed by atoms with Crippen LogP contribution in [0.4, 0.5) is 0 Å². The van der Waals surface area contributed by atoms with Crippen LogP contribution < -0.4 is 0 Å². The molecule has 6 aromatic carbocycles. The predicted molar refractivity (Wildman–Crippen MR) is 203 cm³/mol. The molecule has 0 atom stereocenters. The summed E-state index contributed by atoms with van der Waals surface area (Å²) in [7, 11) is 1.08. The van der Waals surface area contributed by atoms with Gasteiger partial charge >= 0.3 is 0 Å². The van der Waals surface area contributed by atoms with Gasteiger partial charge in [-0.25, -0.2) is 0 Å². The van der Waals surface area contributed by atoms with E-state index in [0.29, 0.717) is 11.8 Å². The molecule has 2 radical (unpaired) electrons. The summed E-state index contributed by atoms with van der Waals surface area (Å²) in [4.78, 5) is 0. The second-order valence-corrected chi connectivity index (χ2v) is 14.1. The average molecular weight is 787 g/mol. The molecule has 0 aliphatic carbocycles. The molecule has 0 nitrogen and oxygen atoms in total. The third kappa shape index (κ3) is 9.61. The quantitative estimate of drug-likeness (QED) is 0.106. The van der Waals surface area contributed by atoms with Crippen molar-refractivity contribution in [2.45, 2.75) is 80.3 Å². The Morgan fingerprint density at radius 2 is 0.870 bits per heavy atom. The number of aryl methyl sites for hydroxylation is 2. The zero-order valence-corrected chi connectivity index (χ0v) is 34.0. The van der Waals surface area contributed by atoms with Gasteiger partial charge in [-0.15, -0.1) is 69.1 Å². The van der Waals surface area contributed by atoms with E-state index in [2.05, 4.69) is 164 Å². The molecule has 6 rings (SSSR count). The van der Waals surface area contributed by atoms with E-state index in [9.17, 15) is 0 Å². The summed E-state index contributed by atoms with van der Waals surface area (Å²) in [6, 6.07) is 40.4. The third-order valence-electron chi connectivity index (χ3n) is 8.29. The molecule has 238 valence electrons.